The summed E-state index contributed by atoms with van der Waals surface area (Å²) in [6, 6.07) is 9.45. The van der Waals surface area contributed by atoms with Crippen LogP contribution in [-0.2, 0) is 11.2 Å². The van der Waals surface area contributed by atoms with Crippen molar-refractivity contribution < 1.29 is 15.0 Å². The summed E-state index contributed by atoms with van der Waals surface area (Å²) in [5.74, 6) is -0.0806. The van der Waals surface area contributed by atoms with Crippen molar-refractivity contribution in [3.8, 4) is 0 Å². The second-order valence-corrected chi connectivity index (χ2v) is 4.66. The van der Waals surface area contributed by atoms with Gasteiger partial charge in [-0.25, -0.2) is 0 Å². The van der Waals surface area contributed by atoms with E-state index < -0.39 is 12.2 Å². The van der Waals surface area contributed by atoms with Crippen LogP contribution in [0.3, 0.4) is 0 Å². The Kier molecular flexibility index (Phi) is 5.82. The van der Waals surface area contributed by atoms with E-state index in [9.17, 15) is 15.0 Å². The highest BCUT2D eigenvalue weighted by molar-refractivity contribution is 5.78. The summed E-state index contributed by atoms with van der Waals surface area (Å²) in [4.78, 5) is 13.6. The Labute approximate surface area is 108 Å². The fourth-order valence-electron chi connectivity index (χ4n) is 1.80. The Balaban J connectivity index is 2.64. The zero-order chi connectivity index (χ0) is 13.5. The topological polar surface area (TPSA) is 60.8 Å². The standard InChI is InChI=1S/C14H21NO3/c1-11(16)9-15(10-12(2)17)14(18)8-13-6-4-3-5-7-13/h3-7,11-12,16-17H,8-10H2,1-2H3. The highest BCUT2D eigenvalue weighted by atomic mass is 16.3. The molecule has 4 heteroatoms. The second kappa shape index (κ2) is 7.13. The van der Waals surface area contributed by atoms with Crippen LogP contribution >= 0.6 is 0 Å². The van der Waals surface area contributed by atoms with Crippen molar-refractivity contribution in [2.45, 2.75) is 32.5 Å². The van der Waals surface area contributed by atoms with Gasteiger partial charge in [0.25, 0.3) is 0 Å². The van der Waals surface area contributed by atoms with E-state index in [1.807, 2.05) is 30.3 Å². The van der Waals surface area contributed by atoms with Crippen LogP contribution in [0.4, 0.5) is 0 Å². The largest absolute Gasteiger partial charge is 0.392 e. The predicted molar refractivity (Wildman–Crippen MR) is 70.1 cm³/mol. The van der Waals surface area contributed by atoms with E-state index >= 15 is 0 Å². The maximum atomic E-state index is 12.1. The monoisotopic (exact) mass is 251 g/mol. The lowest BCUT2D eigenvalue weighted by Crippen LogP contribution is -2.41. The molecule has 0 aliphatic carbocycles. The number of amides is 1. The summed E-state index contributed by atoms with van der Waals surface area (Å²) in [6.07, 6.45) is -0.896. The van der Waals surface area contributed by atoms with Crippen molar-refractivity contribution in [1.29, 1.82) is 0 Å². The van der Waals surface area contributed by atoms with Gasteiger partial charge in [-0.3, -0.25) is 4.79 Å². The first-order valence-corrected chi connectivity index (χ1v) is 6.17. The lowest BCUT2D eigenvalue weighted by atomic mass is 10.1. The molecule has 1 rings (SSSR count). The molecular formula is C14H21NO3. The predicted octanol–water partition coefficient (Wildman–Crippen LogP) is 0.819. The van der Waals surface area contributed by atoms with Crippen LogP contribution in [0.5, 0.6) is 0 Å². The minimum absolute atomic E-state index is 0.0806. The van der Waals surface area contributed by atoms with Crippen LogP contribution in [0, 0.1) is 0 Å². The first-order valence-electron chi connectivity index (χ1n) is 6.17. The fraction of sp³-hybridized carbons (Fsp3) is 0.500. The fourth-order valence-corrected chi connectivity index (χ4v) is 1.80. The van der Waals surface area contributed by atoms with Crippen molar-refractivity contribution in [2.75, 3.05) is 13.1 Å². The quantitative estimate of drug-likeness (QED) is 0.787. The van der Waals surface area contributed by atoms with Crippen LogP contribution in [0.15, 0.2) is 30.3 Å². The Morgan fingerprint density at radius 2 is 1.61 bits per heavy atom. The zero-order valence-corrected chi connectivity index (χ0v) is 10.9. The number of rotatable bonds is 6. The van der Waals surface area contributed by atoms with Crippen LogP contribution in [-0.4, -0.2) is 46.3 Å². The third kappa shape index (κ3) is 5.29. The van der Waals surface area contributed by atoms with Crippen LogP contribution in [0.2, 0.25) is 0 Å². The molecular weight excluding hydrogens is 230 g/mol. The molecule has 1 aromatic carbocycles. The Morgan fingerprint density at radius 1 is 1.11 bits per heavy atom. The first kappa shape index (κ1) is 14.7. The molecule has 2 N–H and O–H groups in total. The number of hydrogen-bond acceptors (Lipinski definition) is 3. The van der Waals surface area contributed by atoms with Gasteiger partial charge in [0.15, 0.2) is 0 Å². The van der Waals surface area contributed by atoms with Gasteiger partial charge in [0.05, 0.1) is 18.6 Å². The molecule has 100 valence electrons. The molecule has 2 atom stereocenters. The van der Waals surface area contributed by atoms with E-state index in [0.717, 1.165) is 5.56 Å². The van der Waals surface area contributed by atoms with E-state index in [4.69, 9.17) is 0 Å². The Bertz CT molecular complexity index is 353. The van der Waals surface area contributed by atoms with Crippen LogP contribution < -0.4 is 0 Å². The van der Waals surface area contributed by atoms with Crippen LogP contribution in [0.1, 0.15) is 19.4 Å². The molecule has 2 unspecified atom stereocenters. The van der Waals surface area contributed by atoms with Crippen molar-refractivity contribution in [3.63, 3.8) is 0 Å². The molecule has 0 aliphatic rings. The molecule has 18 heavy (non-hydrogen) atoms. The molecule has 0 aromatic heterocycles. The van der Waals surface area contributed by atoms with Gasteiger partial charge in [0.1, 0.15) is 0 Å². The molecule has 1 amide bonds. The highest BCUT2D eigenvalue weighted by Gasteiger charge is 2.17. The summed E-state index contributed by atoms with van der Waals surface area (Å²) in [5, 5.41) is 18.8. The van der Waals surface area contributed by atoms with Crippen molar-refractivity contribution in [3.05, 3.63) is 35.9 Å². The lowest BCUT2D eigenvalue weighted by Gasteiger charge is -2.25. The first-order chi connectivity index (χ1) is 8.49. The third-order valence-electron chi connectivity index (χ3n) is 2.52. The molecule has 0 spiro atoms. The number of carbonyl (C=O) groups is 1. The molecule has 0 radical (unpaired) electrons. The van der Waals surface area contributed by atoms with E-state index in [2.05, 4.69) is 0 Å². The van der Waals surface area contributed by atoms with Crippen LogP contribution in [0.25, 0.3) is 0 Å². The average Bonchev–Trinajstić information content (AvgIpc) is 2.28. The summed E-state index contributed by atoms with van der Waals surface area (Å²) < 4.78 is 0. The number of nitrogens with zero attached hydrogens (tertiary/aromatic N) is 1. The number of hydrogen-bond donors (Lipinski definition) is 2. The van der Waals surface area contributed by atoms with E-state index in [-0.39, 0.29) is 19.0 Å². The van der Waals surface area contributed by atoms with Gasteiger partial charge >= 0.3 is 0 Å². The third-order valence-corrected chi connectivity index (χ3v) is 2.52. The maximum Gasteiger partial charge on any atom is 0.227 e. The van der Waals surface area contributed by atoms with Gasteiger partial charge in [-0.2, -0.15) is 0 Å². The lowest BCUT2D eigenvalue weighted by molar-refractivity contribution is -0.133. The van der Waals surface area contributed by atoms with Crippen molar-refractivity contribution >= 4 is 5.91 Å². The molecule has 0 saturated heterocycles. The SMILES string of the molecule is CC(O)CN(CC(C)O)C(=O)Cc1ccccc1. The van der Waals surface area contributed by atoms with E-state index in [1.54, 1.807) is 13.8 Å². The van der Waals surface area contributed by atoms with Gasteiger partial charge in [-0.05, 0) is 19.4 Å². The maximum absolute atomic E-state index is 12.1. The Morgan fingerprint density at radius 3 is 2.06 bits per heavy atom. The van der Waals surface area contributed by atoms with Gasteiger partial charge in [0.2, 0.25) is 5.91 Å². The summed E-state index contributed by atoms with van der Waals surface area (Å²) in [5.41, 5.74) is 0.934. The number of benzene rings is 1. The molecule has 0 saturated carbocycles. The van der Waals surface area contributed by atoms with E-state index in [1.165, 1.54) is 4.90 Å². The normalized spacial score (nSPS) is 14.0. The number of aliphatic hydroxyl groups excluding tert-OH is 2. The zero-order valence-electron chi connectivity index (χ0n) is 10.9. The molecule has 0 fully saturated rings. The molecule has 0 aliphatic heterocycles. The van der Waals surface area contributed by atoms with Gasteiger partial charge < -0.3 is 15.1 Å². The molecule has 1 aromatic rings. The minimum atomic E-state index is -0.594. The van der Waals surface area contributed by atoms with Gasteiger partial charge in [-0.15, -0.1) is 0 Å². The Hall–Kier alpha value is -1.39. The van der Waals surface area contributed by atoms with E-state index in [0.29, 0.717) is 6.42 Å². The highest BCUT2D eigenvalue weighted by Crippen LogP contribution is 2.05. The summed E-state index contributed by atoms with van der Waals surface area (Å²) in [6.45, 7) is 3.75. The van der Waals surface area contributed by atoms with Gasteiger partial charge in [-0.1, -0.05) is 30.3 Å². The molecule has 4 nitrogen and oxygen atoms in total. The molecule has 0 heterocycles. The minimum Gasteiger partial charge on any atom is -0.392 e. The summed E-state index contributed by atoms with van der Waals surface area (Å²) >= 11 is 0. The molecule has 0 bridgehead atoms. The summed E-state index contributed by atoms with van der Waals surface area (Å²) in [7, 11) is 0. The second-order valence-electron chi connectivity index (χ2n) is 4.66. The number of carbonyl (C=O) groups excluding carboxylic acids is 1. The smallest absolute Gasteiger partial charge is 0.227 e. The average molecular weight is 251 g/mol. The van der Waals surface area contributed by atoms with Crippen molar-refractivity contribution in [1.82, 2.24) is 4.90 Å². The number of aliphatic hydroxyl groups is 2. The van der Waals surface area contributed by atoms with Crippen molar-refractivity contribution in [2.24, 2.45) is 0 Å². The van der Waals surface area contributed by atoms with Gasteiger partial charge in [0, 0.05) is 13.1 Å².